The van der Waals surface area contributed by atoms with Crippen molar-refractivity contribution in [3.05, 3.63) is 54.6 Å². The van der Waals surface area contributed by atoms with E-state index in [0.717, 1.165) is 37.2 Å². The predicted octanol–water partition coefficient (Wildman–Crippen LogP) is 4.47. The first-order valence-corrected chi connectivity index (χ1v) is 12.8. The Balaban J connectivity index is 1.34. The Morgan fingerprint density at radius 2 is 1.81 bits per heavy atom. The van der Waals surface area contributed by atoms with Gasteiger partial charge in [0.2, 0.25) is 15.9 Å². The highest BCUT2D eigenvalue weighted by Crippen LogP contribution is 2.27. The number of sulfonamides is 1. The van der Waals surface area contributed by atoms with Crippen LogP contribution in [0.2, 0.25) is 0 Å². The molecule has 0 saturated carbocycles. The molecule has 1 saturated heterocycles. The minimum atomic E-state index is -3.50. The molecule has 0 atom stereocenters. The minimum Gasteiger partial charge on any atom is -0.494 e. The van der Waals surface area contributed by atoms with Gasteiger partial charge in [0.1, 0.15) is 5.75 Å². The quantitative estimate of drug-likeness (QED) is 0.345. The van der Waals surface area contributed by atoms with E-state index < -0.39 is 10.0 Å². The number of rotatable bonds is 9. The SMILES string of the molecule is O=S(=O)(c1cccc(-c2nnc(SCCCOc3ccccc3)o2)c1)N1CCCCC1. The average Bonchev–Trinajstić information content (AvgIpc) is 3.29. The lowest BCUT2D eigenvalue weighted by molar-refractivity contribution is 0.318. The van der Waals surface area contributed by atoms with Crippen LogP contribution in [0.1, 0.15) is 25.7 Å². The number of para-hydroxylation sites is 1. The van der Waals surface area contributed by atoms with Crippen molar-refractivity contribution in [1.29, 1.82) is 0 Å². The maximum absolute atomic E-state index is 12.9. The molecule has 0 spiro atoms. The number of hydrogen-bond acceptors (Lipinski definition) is 7. The number of benzene rings is 2. The van der Waals surface area contributed by atoms with Gasteiger partial charge in [0.05, 0.1) is 11.5 Å². The largest absolute Gasteiger partial charge is 0.494 e. The van der Waals surface area contributed by atoms with Gasteiger partial charge in [-0.25, -0.2) is 8.42 Å². The number of piperidine rings is 1. The van der Waals surface area contributed by atoms with Crippen molar-refractivity contribution in [2.75, 3.05) is 25.4 Å². The van der Waals surface area contributed by atoms with E-state index in [9.17, 15) is 8.42 Å². The van der Waals surface area contributed by atoms with Crippen molar-refractivity contribution in [2.45, 2.75) is 35.8 Å². The molecule has 7 nitrogen and oxygen atoms in total. The van der Waals surface area contributed by atoms with Crippen molar-refractivity contribution in [3.8, 4) is 17.2 Å². The first kappa shape index (κ1) is 21.9. The van der Waals surface area contributed by atoms with Crippen LogP contribution >= 0.6 is 11.8 Å². The maximum atomic E-state index is 12.9. The standard InChI is InChI=1S/C22H25N3O4S2/c26-31(27,25-13-5-2-6-14-25)20-12-7-9-18(17-20)21-23-24-22(29-21)30-16-8-15-28-19-10-3-1-4-11-19/h1,3-4,7,9-12,17H,2,5-6,8,13-16H2. The van der Waals surface area contributed by atoms with Crippen LogP contribution in [-0.2, 0) is 10.0 Å². The molecular formula is C22H25N3O4S2. The molecule has 0 N–H and O–H groups in total. The summed E-state index contributed by atoms with van der Waals surface area (Å²) < 4.78 is 38.8. The molecule has 0 aliphatic carbocycles. The van der Waals surface area contributed by atoms with Gasteiger partial charge in [-0.15, -0.1) is 10.2 Å². The van der Waals surface area contributed by atoms with Crippen LogP contribution in [0, 0.1) is 0 Å². The number of hydrogen-bond donors (Lipinski definition) is 0. The average molecular weight is 460 g/mol. The smallest absolute Gasteiger partial charge is 0.276 e. The third-order valence-electron chi connectivity index (χ3n) is 4.97. The normalized spacial score (nSPS) is 15.1. The fourth-order valence-electron chi connectivity index (χ4n) is 3.35. The summed E-state index contributed by atoms with van der Waals surface area (Å²) >= 11 is 1.46. The fraction of sp³-hybridized carbons (Fsp3) is 0.364. The van der Waals surface area contributed by atoms with Crippen molar-refractivity contribution in [3.63, 3.8) is 0 Å². The highest BCUT2D eigenvalue weighted by Gasteiger charge is 2.26. The zero-order chi connectivity index (χ0) is 21.5. The summed E-state index contributed by atoms with van der Waals surface area (Å²) in [6, 6.07) is 16.4. The summed E-state index contributed by atoms with van der Waals surface area (Å²) in [5.41, 5.74) is 0.602. The second-order valence-electron chi connectivity index (χ2n) is 7.23. The number of thioether (sulfide) groups is 1. The van der Waals surface area contributed by atoms with E-state index in [1.54, 1.807) is 28.6 Å². The van der Waals surface area contributed by atoms with Crippen LogP contribution in [-0.4, -0.2) is 48.4 Å². The first-order valence-electron chi connectivity index (χ1n) is 10.4. The lowest BCUT2D eigenvalue weighted by Gasteiger charge is -2.25. The van der Waals surface area contributed by atoms with E-state index in [0.29, 0.717) is 36.4 Å². The molecular weight excluding hydrogens is 434 g/mol. The molecule has 2 heterocycles. The van der Waals surface area contributed by atoms with E-state index in [-0.39, 0.29) is 4.90 Å². The van der Waals surface area contributed by atoms with Gasteiger partial charge in [-0.1, -0.05) is 42.4 Å². The number of nitrogens with zero attached hydrogens (tertiary/aromatic N) is 3. The molecule has 164 valence electrons. The summed E-state index contributed by atoms with van der Waals surface area (Å²) in [6.45, 7) is 1.75. The monoisotopic (exact) mass is 459 g/mol. The van der Waals surface area contributed by atoms with Crippen LogP contribution in [0.25, 0.3) is 11.5 Å². The molecule has 0 unspecified atom stereocenters. The molecule has 4 rings (SSSR count). The first-order chi connectivity index (χ1) is 15.1. The molecule has 31 heavy (non-hydrogen) atoms. The molecule has 9 heteroatoms. The number of ether oxygens (including phenoxy) is 1. The van der Waals surface area contributed by atoms with E-state index in [2.05, 4.69) is 10.2 Å². The van der Waals surface area contributed by atoms with Crippen molar-refractivity contribution >= 4 is 21.8 Å². The van der Waals surface area contributed by atoms with Crippen molar-refractivity contribution in [2.24, 2.45) is 0 Å². The lowest BCUT2D eigenvalue weighted by atomic mass is 10.2. The molecule has 1 aliphatic rings. The Labute approximate surface area is 186 Å². The second kappa shape index (κ2) is 10.3. The van der Waals surface area contributed by atoms with Gasteiger partial charge in [0, 0.05) is 24.4 Å². The predicted molar refractivity (Wildman–Crippen MR) is 120 cm³/mol. The molecule has 0 radical (unpaired) electrons. The molecule has 1 fully saturated rings. The van der Waals surface area contributed by atoms with Gasteiger partial charge in [-0.05, 0) is 49.6 Å². The Kier molecular flexibility index (Phi) is 7.26. The number of aromatic nitrogens is 2. The van der Waals surface area contributed by atoms with Crippen LogP contribution in [0.15, 0.2) is 69.1 Å². The van der Waals surface area contributed by atoms with Gasteiger partial charge < -0.3 is 9.15 Å². The Morgan fingerprint density at radius 1 is 1.00 bits per heavy atom. The van der Waals surface area contributed by atoms with Gasteiger partial charge in [-0.2, -0.15) is 4.31 Å². The summed E-state index contributed by atoms with van der Waals surface area (Å²) in [7, 11) is -3.50. The van der Waals surface area contributed by atoms with E-state index in [4.69, 9.17) is 9.15 Å². The zero-order valence-corrected chi connectivity index (χ0v) is 18.8. The summed E-state index contributed by atoms with van der Waals surface area (Å²) in [6.07, 6.45) is 3.72. The molecule has 3 aromatic rings. The van der Waals surface area contributed by atoms with Crippen molar-refractivity contribution < 1.29 is 17.6 Å². The van der Waals surface area contributed by atoms with E-state index in [1.165, 1.54) is 11.8 Å². The van der Waals surface area contributed by atoms with Crippen LogP contribution in [0.3, 0.4) is 0 Å². The Bertz CT molecular complexity index is 1080. The van der Waals surface area contributed by atoms with Crippen LogP contribution in [0.4, 0.5) is 0 Å². The fourth-order valence-corrected chi connectivity index (χ4v) is 5.59. The van der Waals surface area contributed by atoms with Crippen LogP contribution < -0.4 is 4.74 Å². The maximum Gasteiger partial charge on any atom is 0.276 e. The lowest BCUT2D eigenvalue weighted by Crippen LogP contribution is -2.35. The molecule has 0 amide bonds. The molecule has 1 aliphatic heterocycles. The highest BCUT2D eigenvalue weighted by molar-refractivity contribution is 7.99. The molecule has 0 bridgehead atoms. The second-order valence-corrected chi connectivity index (χ2v) is 10.2. The highest BCUT2D eigenvalue weighted by atomic mass is 32.2. The van der Waals surface area contributed by atoms with E-state index in [1.807, 2.05) is 30.3 Å². The van der Waals surface area contributed by atoms with E-state index >= 15 is 0 Å². The van der Waals surface area contributed by atoms with Gasteiger partial charge in [0.15, 0.2) is 0 Å². The molecule has 1 aromatic heterocycles. The summed E-state index contributed by atoms with van der Waals surface area (Å²) in [5.74, 6) is 1.95. The van der Waals surface area contributed by atoms with Crippen LogP contribution in [0.5, 0.6) is 5.75 Å². The van der Waals surface area contributed by atoms with Gasteiger partial charge in [-0.3, -0.25) is 0 Å². The topological polar surface area (TPSA) is 85.5 Å². The Hall–Kier alpha value is -2.36. The zero-order valence-electron chi connectivity index (χ0n) is 17.1. The Morgan fingerprint density at radius 3 is 2.61 bits per heavy atom. The third-order valence-corrected chi connectivity index (χ3v) is 7.77. The molecule has 2 aromatic carbocycles. The van der Waals surface area contributed by atoms with Gasteiger partial charge in [0.25, 0.3) is 5.22 Å². The summed E-state index contributed by atoms with van der Waals surface area (Å²) in [5, 5.41) is 8.62. The third kappa shape index (κ3) is 5.66. The minimum absolute atomic E-state index is 0.261. The van der Waals surface area contributed by atoms with Gasteiger partial charge >= 0.3 is 0 Å². The summed E-state index contributed by atoms with van der Waals surface area (Å²) in [4.78, 5) is 0.261. The van der Waals surface area contributed by atoms with Crippen molar-refractivity contribution in [1.82, 2.24) is 14.5 Å².